The lowest BCUT2D eigenvalue weighted by Crippen LogP contribution is -2.53. The standard InChI is InChI=1S/C15H26N2O4/c1-14(21)5-4-9-17(10-8-14)13(20)16-15(11-12(18)19)6-2-3-7-15/h21H,2-11H2,1H3,(H,16,20)(H,18,19). The third-order valence-electron chi connectivity index (χ3n) is 4.77. The first-order valence-corrected chi connectivity index (χ1v) is 7.83. The highest BCUT2D eigenvalue weighted by Gasteiger charge is 2.39. The average molecular weight is 298 g/mol. The SMILES string of the molecule is CC1(O)CCCN(C(=O)NC2(CC(=O)O)CCCC2)CC1. The summed E-state index contributed by atoms with van der Waals surface area (Å²) in [6.45, 7) is 2.93. The number of aliphatic hydroxyl groups is 1. The van der Waals surface area contributed by atoms with Gasteiger partial charge in [-0.1, -0.05) is 12.8 Å². The molecule has 6 heteroatoms. The first-order valence-electron chi connectivity index (χ1n) is 7.83. The molecular formula is C15H26N2O4. The summed E-state index contributed by atoms with van der Waals surface area (Å²) in [6, 6.07) is -0.184. The van der Waals surface area contributed by atoms with Gasteiger partial charge >= 0.3 is 12.0 Å². The van der Waals surface area contributed by atoms with Gasteiger partial charge in [0.1, 0.15) is 0 Å². The van der Waals surface area contributed by atoms with Crippen molar-refractivity contribution in [2.75, 3.05) is 13.1 Å². The van der Waals surface area contributed by atoms with E-state index in [2.05, 4.69) is 5.32 Å². The summed E-state index contributed by atoms with van der Waals surface area (Å²) in [5, 5.41) is 22.1. The van der Waals surface area contributed by atoms with Crippen molar-refractivity contribution in [1.29, 1.82) is 0 Å². The molecule has 0 spiro atoms. The number of urea groups is 1. The van der Waals surface area contributed by atoms with Crippen molar-refractivity contribution in [1.82, 2.24) is 10.2 Å². The maximum atomic E-state index is 12.4. The zero-order valence-corrected chi connectivity index (χ0v) is 12.7. The van der Waals surface area contributed by atoms with Gasteiger partial charge in [0.2, 0.25) is 0 Å². The minimum absolute atomic E-state index is 0.00963. The summed E-state index contributed by atoms with van der Waals surface area (Å²) in [6.07, 6.45) is 5.40. The Hall–Kier alpha value is -1.30. The summed E-state index contributed by atoms with van der Waals surface area (Å²) < 4.78 is 0. The summed E-state index contributed by atoms with van der Waals surface area (Å²) in [7, 11) is 0. The van der Waals surface area contributed by atoms with Crippen LogP contribution in [0, 0.1) is 0 Å². The molecule has 1 atom stereocenters. The second-order valence-corrected chi connectivity index (χ2v) is 6.83. The van der Waals surface area contributed by atoms with Crippen LogP contribution in [0.1, 0.15) is 58.3 Å². The van der Waals surface area contributed by atoms with Crippen molar-refractivity contribution in [3.63, 3.8) is 0 Å². The van der Waals surface area contributed by atoms with Gasteiger partial charge in [0, 0.05) is 13.1 Å². The molecule has 3 N–H and O–H groups in total. The van der Waals surface area contributed by atoms with E-state index >= 15 is 0 Å². The average Bonchev–Trinajstić information content (AvgIpc) is 2.71. The summed E-state index contributed by atoms with van der Waals surface area (Å²) in [5.74, 6) is -0.865. The van der Waals surface area contributed by atoms with E-state index in [-0.39, 0.29) is 12.5 Å². The number of aliphatic carboxylic acids is 1. The van der Waals surface area contributed by atoms with Crippen LogP contribution in [0.25, 0.3) is 0 Å². The van der Waals surface area contributed by atoms with Crippen LogP contribution in [0.4, 0.5) is 4.79 Å². The first-order chi connectivity index (χ1) is 9.82. The van der Waals surface area contributed by atoms with Gasteiger partial charge in [-0.2, -0.15) is 0 Å². The van der Waals surface area contributed by atoms with Gasteiger partial charge in [0.25, 0.3) is 0 Å². The van der Waals surface area contributed by atoms with Crippen LogP contribution in [0.15, 0.2) is 0 Å². The number of carbonyl (C=O) groups excluding carboxylic acids is 1. The normalized spacial score (nSPS) is 29.0. The molecule has 0 aromatic carbocycles. The topological polar surface area (TPSA) is 89.9 Å². The van der Waals surface area contributed by atoms with Crippen LogP contribution in [0.2, 0.25) is 0 Å². The van der Waals surface area contributed by atoms with E-state index in [0.29, 0.717) is 25.9 Å². The van der Waals surface area contributed by atoms with Gasteiger partial charge in [0.05, 0.1) is 17.6 Å². The summed E-state index contributed by atoms with van der Waals surface area (Å²) >= 11 is 0. The van der Waals surface area contributed by atoms with Crippen molar-refractivity contribution >= 4 is 12.0 Å². The molecule has 0 radical (unpaired) electrons. The van der Waals surface area contributed by atoms with Gasteiger partial charge in [-0.15, -0.1) is 0 Å². The number of carboxylic acid groups (broad SMARTS) is 1. The molecule has 0 bridgehead atoms. The van der Waals surface area contributed by atoms with E-state index in [9.17, 15) is 14.7 Å². The second kappa shape index (κ2) is 6.22. The molecule has 1 unspecified atom stereocenters. The lowest BCUT2D eigenvalue weighted by atomic mass is 9.93. The zero-order chi connectivity index (χ0) is 15.5. The van der Waals surface area contributed by atoms with Crippen molar-refractivity contribution in [2.24, 2.45) is 0 Å². The van der Waals surface area contributed by atoms with Crippen molar-refractivity contribution < 1.29 is 19.8 Å². The lowest BCUT2D eigenvalue weighted by molar-refractivity contribution is -0.138. The number of amides is 2. The van der Waals surface area contributed by atoms with Crippen LogP contribution in [0.5, 0.6) is 0 Å². The minimum atomic E-state index is -0.865. The molecule has 2 fully saturated rings. The molecule has 1 aliphatic heterocycles. The first kappa shape index (κ1) is 16.1. The third kappa shape index (κ3) is 4.33. The van der Waals surface area contributed by atoms with Crippen LogP contribution in [0.3, 0.4) is 0 Å². The molecule has 21 heavy (non-hydrogen) atoms. The van der Waals surface area contributed by atoms with E-state index in [0.717, 1.165) is 32.1 Å². The lowest BCUT2D eigenvalue weighted by Gasteiger charge is -2.32. The number of nitrogens with zero attached hydrogens (tertiary/aromatic N) is 1. The van der Waals surface area contributed by atoms with Crippen molar-refractivity contribution in [3.05, 3.63) is 0 Å². The Kier molecular flexibility index (Phi) is 4.76. The van der Waals surface area contributed by atoms with Crippen LogP contribution in [-0.2, 0) is 4.79 Å². The highest BCUT2D eigenvalue weighted by Crippen LogP contribution is 2.33. The van der Waals surface area contributed by atoms with Crippen LogP contribution < -0.4 is 5.32 Å². The van der Waals surface area contributed by atoms with Crippen LogP contribution >= 0.6 is 0 Å². The molecule has 1 saturated carbocycles. The Morgan fingerprint density at radius 3 is 2.38 bits per heavy atom. The molecule has 2 rings (SSSR count). The second-order valence-electron chi connectivity index (χ2n) is 6.83. The molecular weight excluding hydrogens is 272 g/mol. The number of hydrogen-bond donors (Lipinski definition) is 3. The Balaban J connectivity index is 1.97. The quantitative estimate of drug-likeness (QED) is 0.740. The van der Waals surface area contributed by atoms with Gasteiger partial charge in [0.15, 0.2) is 0 Å². The van der Waals surface area contributed by atoms with E-state index in [1.807, 2.05) is 0 Å². The maximum Gasteiger partial charge on any atom is 0.317 e. The summed E-state index contributed by atoms with van der Waals surface area (Å²) in [4.78, 5) is 25.2. The molecule has 1 saturated heterocycles. The fraction of sp³-hybridized carbons (Fsp3) is 0.867. The molecule has 0 aromatic heterocycles. The number of carboxylic acids is 1. The zero-order valence-electron chi connectivity index (χ0n) is 12.7. The predicted molar refractivity (Wildman–Crippen MR) is 78.0 cm³/mol. The van der Waals surface area contributed by atoms with Crippen molar-refractivity contribution in [3.8, 4) is 0 Å². The van der Waals surface area contributed by atoms with E-state index in [1.54, 1.807) is 11.8 Å². The van der Waals surface area contributed by atoms with Crippen LogP contribution in [-0.4, -0.2) is 51.3 Å². The molecule has 6 nitrogen and oxygen atoms in total. The molecule has 2 amide bonds. The maximum absolute atomic E-state index is 12.4. The van der Waals surface area contributed by atoms with Gasteiger partial charge in [-0.25, -0.2) is 4.79 Å². The molecule has 1 aliphatic carbocycles. The summed E-state index contributed by atoms with van der Waals surface area (Å²) in [5.41, 5.74) is -1.29. The molecule has 1 heterocycles. The van der Waals surface area contributed by atoms with Gasteiger partial charge in [-0.05, 0) is 39.0 Å². The number of carbonyl (C=O) groups is 2. The number of hydrogen-bond acceptors (Lipinski definition) is 3. The molecule has 120 valence electrons. The Morgan fingerprint density at radius 2 is 1.76 bits per heavy atom. The fourth-order valence-electron chi connectivity index (χ4n) is 3.46. The smallest absolute Gasteiger partial charge is 0.317 e. The monoisotopic (exact) mass is 298 g/mol. The van der Waals surface area contributed by atoms with Gasteiger partial charge in [-0.3, -0.25) is 4.79 Å². The molecule has 0 aromatic rings. The van der Waals surface area contributed by atoms with Crippen molar-refractivity contribution in [2.45, 2.75) is 69.4 Å². The van der Waals surface area contributed by atoms with E-state index in [4.69, 9.17) is 5.11 Å². The number of nitrogens with one attached hydrogen (secondary N) is 1. The van der Waals surface area contributed by atoms with E-state index in [1.165, 1.54) is 0 Å². The number of rotatable bonds is 3. The minimum Gasteiger partial charge on any atom is -0.481 e. The number of likely N-dealkylation sites (tertiary alicyclic amines) is 1. The highest BCUT2D eigenvalue weighted by atomic mass is 16.4. The Labute approximate surface area is 125 Å². The van der Waals surface area contributed by atoms with Gasteiger partial charge < -0.3 is 20.4 Å². The Morgan fingerprint density at radius 1 is 1.10 bits per heavy atom. The Bertz CT molecular complexity index is 402. The predicted octanol–water partition coefficient (Wildman–Crippen LogP) is 1.72. The molecule has 2 aliphatic rings. The van der Waals surface area contributed by atoms with E-state index < -0.39 is 17.1 Å². The third-order valence-corrected chi connectivity index (χ3v) is 4.77. The fourth-order valence-corrected chi connectivity index (χ4v) is 3.46. The largest absolute Gasteiger partial charge is 0.481 e. The highest BCUT2D eigenvalue weighted by molar-refractivity contribution is 5.77.